The van der Waals surface area contributed by atoms with Gasteiger partial charge in [-0.3, -0.25) is 4.90 Å². The average Bonchev–Trinajstić information content (AvgIpc) is 3.05. The molecule has 0 radical (unpaired) electrons. The molecule has 2 heterocycles. The molecular weight excluding hydrogens is 608 g/mol. The SMILES string of the molecule is COc1ccc(OC)c(CN(C(=O)Oc2c(C)cc(F)cc2C)c2ccnc(Nc3ccc(OCC4CCCN(C)C4)c(F)c3)n2)c1. The van der Waals surface area contributed by atoms with Crippen LogP contribution < -0.4 is 29.2 Å². The van der Waals surface area contributed by atoms with Gasteiger partial charge in [-0.05, 0) is 99.9 Å². The van der Waals surface area contributed by atoms with Gasteiger partial charge in [-0.25, -0.2) is 18.6 Å². The lowest BCUT2D eigenvalue weighted by atomic mass is 10.00. The first-order chi connectivity index (χ1) is 22.6. The van der Waals surface area contributed by atoms with E-state index in [-0.39, 0.29) is 29.8 Å². The Morgan fingerprint density at radius 1 is 1.02 bits per heavy atom. The molecule has 0 aliphatic carbocycles. The molecule has 4 aromatic rings. The number of amides is 1. The van der Waals surface area contributed by atoms with Crippen LogP contribution in [-0.4, -0.2) is 61.9 Å². The molecule has 1 amide bonds. The topological polar surface area (TPSA) is 98.3 Å². The monoisotopic (exact) mass is 647 g/mol. The van der Waals surface area contributed by atoms with E-state index in [0.717, 1.165) is 25.9 Å². The van der Waals surface area contributed by atoms with Crippen LogP contribution in [0, 0.1) is 31.4 Å². The predicted octanol–water partition coefficient (Wildman–Crippen LogP) is 7.06. The fraction of sp³-hybridized carbons (Fsp3) is 0.343. The lowest BCUT2D eigenvalue weighted by molar-refractivity contribution is 0.147. The van der Waals surface area contributed by atoms with Crippen LogP contribution in [0.5, 0.6) is 23.0 Å². The summed E-state index contributed by atoms with van der Waals surface area (Å²) in [7, 11) is 5.14. The van der Waals surface area contributed by atoms with Crippen molar-refractivity contribution in [3.05, 3.63) is 89.1 Å². The number of benzene rings is 3. The van der Waals surface area contributed by atoms with E-state index >= 15 is 4.39 Å². The van der Waals surface area contributed by atoms with Crippen molar-refractivity contribution < 1.29 is 32.5 Å². The van der Waals surface area contributed by atoms with Crippen LogP contribution in [0.4, 0.5) is 31.0 Å². The number of aryl methyl sites for hydroxylation is 2. The molecule has 1 fully saturated rings. The fourth-order valence-corrected chi connectivity index (χ4v) is 5.62. The molecule has 3 aromatic carbocycles. The van der Waals surface area contributed by atoms with Gasteiger partial charge in [-0.15, -0.1) is 0 Å². The Morgan fingerprint density at radius 2 is 1.79 bits per heavy atom. The number of piperidine rings is 1. The minimum Gasteiger partial charge on any atom is -0.497 e. The van der Waals surface area contributed by atoms with E-state index in [9.17, 15) is 9.18 Å². The molecule has 1 N–H and O–H groups in total. The summed E-state index contributed by atoms with van der Waals surface area (Å²) in [6.07, 6.45) is 2.85. The van der Waals surface area contributed by atoms with Crippen LogP contribution in [0.25, 0.3) is 0 Å². The van der Waals surface area contributed by atoms with Crippen LogP contribution in [0.15, 0.2) is 60.8 Å². The molecule has 12 heteroatoms. The van der Waals surface area contributed by atoms with E-state index < -0.39 is 17.7 Å². The van der Waals surface area contributed by atoms with E-state index in [4.69, 9.17) is 18.9 Å². The first kappa shape index (κ1) is 33.4. The predicted molar refractivity (Wildman–Crippen MR) is 175 cm³/mol. The van der Waals surface area contributed by atoms with Crippen molar-refractivity contribution in [2.45, 2.75) is 33.2 Å². The maximum absolute atomic E-state index is 15.0. The molecule has 1 aliphatic rings. The van der Waals surface area contributed by atoms with Crippen molar-refractivity contribution in [2.24, 2.45) is 5.92 Å². The lowest BCUT2D eigenvalue weighted by Gasteiger charge is -2.29. The van der Waals surface area contributed by atoms with Gasteiger partial charge in [0.2, 0.25) is 5.95 Å². The van der Waals surface area contributed by atoms with Crippen LogP contribution in [0.2, 0.25) is 0 Å². The zero-order valence-corrected chi connectivity index (χ0v) is 27.2. The van der Waals surface area contributed by atoms with Crippen molar-refractivity contribution in [3.8, 4) is 23.0 Å². The molecule has 1 aliphatic heterocycles. The van der Waals surface area contributed by atoms with Crippen molar-refractivity contribution >= 4 is 23.5 Å². The molecule has 1 atom stereocenters. The molecule has 248 valence electrons. The quantitative estimate of drug-likeness (QED) is 0.184. The Kier molecular flexibility index (Phi) is 10.7. The number of nitrogens with zero attached hydrogens (tertiary/aromatic N) is 4. The van der Waals surface area contributed by atoms with Crippen LogP contribution in [0.1, 0.15) is 29.5 Å². The third kappa shape index (κ3) is 8.44. The van der Waals surface area contributed by atoms with Gasteiger partial charge in [0.05, 0.1) is 27.4 Å². The fourth-order valence-electron chi connectivity index (χ4n) is 5.62. The van der Waals surface area contributed by atoms with Gasteiger partial charge in [0.15, 0.2) is 11.6 Å². The second-order valence-electron chi connectivity index (χ2n) is 11.6. The molecule has 47 heavy (non-hydrogen) atoms. The molecular formula is C35H39F2N5O5. The zero-order chi connectivity index (χ0) is 33.5. The molecule has 10 nitrogen and oxygen atoms in total. The van der Waals surface area contributed by atoms with Gasteiger partial charge in [0, 0.05) is 36.0 Å². The highest BCUT2D eigenvalue weighted by molar-refractivity contribution is 5.88. The number of carbonyl (C=O) groups excluding carboxylic acids is 1. The highest BCUT2D eigenvalue weighted by atomic mass is 19.1. The number of aromatic nitrogens is 2. The molecule has 1 unspecified atom stereocenters. The summed E-state index contributed by atoms with van der Waals surface area (Å²) in [5, 5.41) is 3.01. The smallest absolute Gasteiger partial charge is 0.421 e. The van der Waals surface area contributed by atoms with E-state index in [0.29, 0.717) is 46.4 Å². The van der Waals surface area contributed by atoms with Crippen molar-refractivity contribution in [2.75, 3.05) is 51.2 Å². The number of hydrogen-bond acceptors (Lipinski definition) is 9. The van der Waals surface area contributed by atoms with Gasteiger partial charge in [-0.2, -0.15) is 4.98 Å². The summed E-state index contributed by atoms with van der Waals surface area (Å²) in [6, 6.07) is 13.9. The van der Waals surface area contributed by atoms with E-state index in [1.165, 1.54) is 43.5 Å². The second kappa shape index (κ2) is 15.1. The molecule has 1 aromatic heterocycles. The van der Waals surface area contributed by atoms with E-state index in [1.54, 1.807) is 50.2 Å². The Labute approximate surface area is 273 Å². The van der Waals surface area contributed by atoms with Gasteiger partial charge < -0.3 is 29.2 Å². The molecule has 0 bridgehead atoms. The largest absolute Gasteiger partial charge is 0.497 e. The summed E-state index contributed by atoms with van der Waals surface area (Å²) in [6.45, 7) is 5.73. The van der Waals surface area contributed by atoms with Gasteiger partial charge in [0.1, 0.15) is 28.9 Å². The number of halogens is 2. The molecule has 5 rings (SSSR count). The molecule has 0 spiro atoms. The van der Waals surface area contributed by atoms with Gasteiger partial charge >= 0.3 is 6.09 Å². The number of ether oxygens (including phenoxy) is 4. The maximum atomic E-state index is 15.0. The molecule has 1 saturated heterocycles. The van der Waals surface area contributed by atoms with Gasteiger partial charge in [-0.1, -0.05) is 0 Å². The number of methoxy groups -OCH3 is 2. The summed E-state index contributed by atoms with van der Waals surface area (Å²) in [5.41, 5.74) is 1.92. The molecule has 0 saturated carbocycles. The first-order valence-corrected chi connectivity index (χ1v) is 15.3. The summed E-state index contributed by atoms with van der Waals surface area (Å²) < 4.78 is 51.6. The normalized spacial score (nSPS) is 14.7. The van der Waals surface area contributed by atoms with Crippen LogP contribution in [0.3, 0.4) is 0 Å². The third-order valence-electron chi connectivity index (χ3n) is 7.95. The average molecular weight is 648 g/mol. The van der Waals surface area contributed by atoms with E-state index in [1.807, 2.05) is 0 Å². The maximum Gasteiger partial charge on any atom is 0.421 e. The number of likely N-dealkylation sites (tertiary alicyclic amines) is 1. The van der Waals surface area contributed by atoms with Gasteiger partial charge in [0.25, 0.3) is 0 Å². The van der Waals surface area contributed by atoms with Crippen LogP contribution >= 0.6 is 0 Å². The van der Waals surface area contributed by atoms with Crippen molar-refractivity contribution in [1.29, 1.82) is 0 Å². The minimum absolute atomic E-state index is 0.0214. The third-order valence-corrected chi connectivity index (χ3v) is 7.95. The van der Waals surface area contributed by atoms with Crippen molar-refractivity contribution in [3.63, 3.8) is 0 Å². The number of carbonyl (C=O) groups is 1. The number of rotatable bonds is 11. The van der Waals surface area contributed by atoms with E-state index in [2.05, 4.69) is 27.2 Å². The second-order valence-corrected chi connectivity index (χ2v) is 11.6. The number of anilines is 3. The lowest BCUT2D eigenvalue weighted by Crippen LogP contribution is -2.34. The highest BCUT2D eigenvalue weighted by Gasteiger charge is 2.25. The summed E-state index contributed by atoms with van der Waals surface area (Å²) >= 11 is 0. The Hall–Kier alpha value is -4.97. The summed E-state index contributed by atoms with van der Waals surface area (Å²) in [5.74, 6) is 1.18. The standard InChI is InChI=1S/C35H39F2N5O5/c1-22-15-26(36)16-23(2)33(22)47-35(43)42(20-25-17-28(44-4)9-11-30(25)45-5)32-12-13-38-34(40-32)39-27-8-10-31(29(37)18-27)46-21-24-7-6-14-41(3)19-24/h8-13,15-18,24H,6-7,14,19-21H2,1-5H3,(H,38,39,40). The Balaban J connectivity index is 1.39. The number of hydrogen-bond donors (Lipinski definition) is 1. The first-order valence-electron chi connectivity index (χ1n) is 15.3. The zero-order valence-electron chi connectivity index (χ0n) is 27.2. The minimum atomic E-state index is -0.769. The summed E-state index contributed by atoms with van der Waals surface area (Å²) in [4.78, 5) is 26.2. The van der Waals surface area contributed by atoms with Crippen LogP contribution in [-0.2, 0) is 6.54 Å². The highest BCUT2D eigenvalue weighted by Crippen LogP contribution is 2.31. The Morgan fingerprint density at radius 3 is 2.49 bits per heavy atom. The Bertz CT molecular complexity index is 1700. The number of nitrogens with one attached hydrogen (secondary N) is 1. The van der Waals surface area contributed by atoms with Crippen molar-refractivity contribution in [1.82, 2.24) is 14.9 Å².